The third kappa shape index (κ3) is 3.78. The number of carbonyl (C=O) groups is 1. The Morgan fingerprint density at radius 1 is 1.29 bits per heavy atom. The minimum atomic E-state index is -4.87. The highest BCUT2D eigenvalue weighted by Gasteiger charge is 2.50. The average Bonchev–Trinajstić information content (AvgIpc) is 2.42. The maximum absolute atomic E-state index is 12.6. The van der Waals surface area contributed by atoms with Gasteiger partial charge in [0, 0.05) is 0 Å². The SMILES string of the molecule is COC(=O)c1cccc(OC)c1OCC(C)(O)C(F)(F)F. The van der Waals surface area contributed by atoms with Gasteiger partial charge in [-0.2, -0.15) is 13.2 Å². The summed E-state index contributed by atoms with van der Waals surface area (Å²) in [4.78, 5) is 11.6. The maximum atomic E-state index is 12.6. The molecule has 0 bridgehead atoms. The molecule has 0 spiro atoms. The summed E-state index contributed by atoms with van der Waals surface area (Å²) in [6.07, 6.45) is -4.87. The molecule has 1 atom stereocenters. The van der Waals surface area contributed by atoms with E-state index < -0.39 is 24.4 Å². The molecule has 1 rings (SSSR count). The molecule has 0 aromatic heterocycles. The second-order valence-electron chi connectivity index (χ2n) is 4.39. The summed E-state index contributed by atoms with van der Waals surface area (Å²) in [6.45, 7) is -0.527. The molecule has 0 radical (unpaired) electrons. The molecule has 0 saturated heterocycles. The normalized spacial score (nSPS) is 14.2. The van der Waals surface area contributed by atoms with Crippen molar-refractivity contribution >= 4 is 5.97 Å². The van der Waals surface area contributed by atoms with Crippen molar-refractivity contribution in [2.75, 3.05) is 20.8 Å². The van der Waals surface area contributed by atoms with Crippen LogP contribution in [0.2, 0.25) is 0 Å². The Morgan fingerprint density at radius 3 is 2.38 bits per heavy atom. The summed E-state index contributed by atoms with van der Waals surface area (Å²) in [5, 5.41) is 9.36. The number of aliphatic hydroxyl groups is 1. The molecule has 0 amide bonds. The predicted octanol–water partition coefficient (Wildman–Crippen LogP) is 2.17. The van der Waals surface area contributed by atoms with Gasteiger partial charge < -0.3 is 19.3 Å². The zero-order chi connectivity index (χ0) is 16.3. The number of halogens is 3. The van der Waals surface area contributed by atoms with E-state index >= 15 is 0 Å². The van der Waals surface area contributed by atoms with Gasteiger partial charge in [-0.15, -0.1) is 0 Å². The molecule has 8 heteroatoms. The Bertz CT molecular complexity index is 511. The molecular weight excluding hydrogens is 293 g/mol. The Labute approximate surface area is 119 Å². The fourth-order valence-electron chi connectivity index (χ4n) is 1.39. The van der Waals surface area contributed by atoms with E-state index in [1.807, 2.05) is 0 Å². The molecule has 0 heterocycles. The quantitative estimate of drug-likeness (QED) is 0.845. The van der Waals surface area contributed by atoms with Crippen molar-refractivity contribution in [3.05, 3.63) is 23.8 Å². The summed E-state index contributed by atoms with van der Waals surface area (Å²) < 4.78 is 52.2. The van der Waals surface area contributed by atoms with Crippen LogP contribution in [-0.4, -0.2) is 43.7 Å². The van der Waals surface area contributed by atoms with E-state index in [1.165, 1.54) is 25.3 Å². The first-order valence-electron chi connectivity index (χ1n) is 5.81. The van der Waals surface area contributed by atoms with E-state index in [0.29, 0.717) is 6.92 Å². The van der Waals surface area contributed by atoms with Gasteiger partial charge in [-0.25, -0.2) is 4.79 Å². The van der Waals surface area contributed by atoms with Gasteiger partial charge in [0.2, 0.25) is 0 Å². The molecule has 1 unspecified atom stereocenters. The number of para-hydroxylation sites is 1. The van der Waals surface area contributed by atoms with Crippen LogP contribution in [0.1, 0.15) is 17.3 Å². The molecule has 1 aromatic rings. The highest BCUT2D eigenvalue weighted by Crippen LogP contribution is 2.35. The minimum Gasteiger partial charge on any atom is -0.493 e. The zero-order valence-electron chi connectivity index (χ0n) is 11.7. The topological polar surface area (TPSA) is 65.0 Å². The van der Waals surface area contributed by atoms with Crippen LogP contribution < -0.4 is 9.47 Å². The zero-order valence-corrected chi connectivity index (χ0v) is 11.7. The number of esters is 1. The van der Waals surface area contributed by atoms with Gasteiger partial charge >= 0.3 is 12.1 Å². The Balaban J connectivity index is 3.10. The van der Waals surface area contributed by atoms with Crippen molar-refractivity contribution in [3.8, 4) is 11.5 Å². The summed E-state index contributed by atoms with van der Waals surface area (Å²) in [5.74, 6) is -0.970. The van der Waals surface area contributed by atoms with Gasteiger partial charge in [-0.3, -0.25) is 0 Å². The smallest absolute Gasteiger partial charge is 0.420 e. The fourth-order valence-corrected chi connectivity index (χ4v) is 1.39. The van der Waals surface area contributed by atoms with Crippen molar-refractivity contribution in [3.63, 3.8) is 0 Å². The minimum absolute atomic E-state index is 0.0517. The molecule has 1 aromatic carbocycles. The summed E-state index contributed by atoms with van der Waals surface area (Å²) in [5.41, 5.74) is -3.17. The van der Waals surface area contributed by atoms with E-state index in [4.69, 9.17) is 9.47 Å². The lowest BCUT2D eigenvalue weighted by atomic mass is 10.1. The maximum Gasteiger partial charge on any atom is 0.420 e. The van der Waals surface area contributed by atoms with Crippen molar-refractivity contribution < 1.29 is 37.3 Å². The molecule has 118 valence electrons. The Kier molecular flexibility index (Phi) is 5.06. The van der Waals surface area contributed by atoms with Crippen LogP contribution in [0.4, 0.5) is 13.2 Å². The summed E-state index contributed by atoms with van der Waals surface area (Å²) in [7, 11) is 2.39. The molecule has 0 aliphatic rings. The van der Waals surface area contributed by atoms with E-state index in [-0.39, 0.29) is 17.1 Å². The first-order chi connectivity index (χ1) is 9.64. The molecule has 0 aliphatic heterocycles. The second-order valence-corrected chi connectivity index (χ2v) is 4.39. The predicted molar refractivity (Wildman–Crippen MR) is 66.5 cm³/mol. The highest BCUT2D eigenvalue weighted by molar-refractivity contribution is 5.93. The van der Waals surface area contributed by atoms with E-state index in [0.717, 1.165) is 7.11 Å². The summed E-state index contributed by atoms with van der Waals surface area (Å²) >= 11 is 0. The van der Waals surface area contributed by atoms with Crippen LogP contribution in [-0.2, 0) is 4.74 Å². The second kappa shape index (κ2) is 6.21. The molecular formula is C13H15F3O5. The van der Waals surface area contributed by atoms with Crippen LogP contribution in [0.15, 0.2) is 18.2 Å². The number of alkyl halides is 3. The Hall–Kier alpha value is -1.96. The molecule has 1 N–H and O–H groups in total. The van der Waals surface area contributed by atoms with Gasteiger partial charge in [0.25, 0.3) is 0 Å². The van der Waals surface area contributed by atoms with Gasteiger partial charge in [0.1, 0.15) is 12.2 Å². The van der Waals surface area contributed by atoms with Crippen LogP contribution in [0.5, 0.6) is 11.5 Å². The molecule has 0 saturated carbocycles. The first-order valence-corrected chi connectivity index (χ1v) is 5.81. The Morgan fingerprint density at radius 2 is 1.90 bits per heavy atom. The average molecular weight is 308 g/mol. The number of carbonyl (C=O) groups excluding carboxylic acids is 1. The van der Waals surface area contributed by atoms with E-state index in [1.54, 1.807) is 0 Å². The van der Waals surface area contributed by atoms with Crippen molar-refractivity contribution in [1.82, 2.24) is 0 Å². The number of hydrogen-bond acceptors (Lipinski definition) is 5. The number of ether oxygens (including phenoxy) is 3. The monoisotopic (exact) mass is 308 g/mol. The van der Waals surface area contributed by atoms with Crippen LogP contribution in [0.3, 0.4) is 0 Å². The van der Waals surface area contributed by atoms with Gasteiger partial charge in [0.15, 0.2) is 17.1 Å². The largest absolute Gasteiger partial charge is 0.493 e. The van der Waals surface area contributed by atoms with Crippen LogP contribution in [0, 0.1) is 0 Å². The van der Waals surface area contributed by atoms with E-state index in [9.17, 15) is 23.1 Å². The number of methoxy groups -OCH3 is 2. The number of rotatable bonds is 5. The van der Waals surface area contributed by atoms with Crippen LogP contribution in [0.25, 0.3) is 0 Å². The summed E-state index contributed by atoms with van der Waals surface area (Å²) in [6, 6.07) is 4.18. The number of hydrogen-bond donors (Lipinski definition) is 1. The molecule has 0 aliphatic carbocycles. The van der Waals surface area contributed by atoms with Crippen molar-refractivity contribution in [2.45, 2.75) is 18.7 Å². The number of benzene rings is 1. The lowest BCUT2D eigenvalue weighted by Gasteiger charge is -2.26. The third-order valence-corrected chi connectivity index (χ3v) is 2.71. The highest BCUT2D eigenvalue weighted by atomic mass is 19.4. The van der Waals surface area contributed by atoms with E-state index in [2.05, 4.69) is 4.74 Å². The first kappa shape index (κ1) is 17.1. The molecule has 5 nitrogen and oxygen atoms in total. The van der Waals surface area contributed by atoms with Gasteiger partial charge in [-0.1, -0.05) is 6.07 Å². The lowest BCUT2D eigenvalue weighted by molar-refractivity contribution is -0.260. The fraction of sp³-hybridized carbons (Fsp3) is 0.462. The van der Waals surface area contributed by atoms with Gasteiger partial charge in [-0.05, 0) is 19.1 Å². The standard InChI is InChI=1S/C13H15F3O5/c1-12(18,13(14,15)16)7-21-10-8(11(17)20-3)5-4-6-9(10)19-2/h4-6,18H,7H2,1-3H3. The van der Waals surface area contributed by atoms with Crippen LogP contribution >= 0.6 is 0 Å². The molecule has 21 heavy (non-hydrogen) atoms. The van der Waals surface area contributed by atoms with Gasteiger partial charge in [0.05, 0.1) is 14.2 Å². The lowest BCUT2D eigenvalue weighted by Crippen LogP contribution is -2.47. The molecule has 0 fully saturated rings. The van der Waals surface area contributed by atoms with Crippen molar-refractivity contribution in [1.29, 1.82) is 0 Å². The third-order valence-electron chi connectivity index (χ3n) is 2.71. The van der Waals surface area contributed by atoms with Crippen molar-refractivity contribution in [2.24, 2.45) is 0 Å².